The van der Waals surface area contributed by atoms with Gasteiger partial charge in [0.05, 0.1) is 5.52 Å². The van der Waals surface area contributed by atoms with Gasteiger partial charge in [-0.1, -0.05) is 48.5 Å². The molecule has 1 heterocycles. The second kappa shape index (κ2) is 3.78. The van der Waals surface area contributed by atoms with E-state index in [1.807, 2.05) is 42.6 Å². The van der Waals surface area contributed by atoms with Crippen molar-refractivity contribution in [3.8, 4) is 11.1 Å². The molecule has 2 aromatic carbocycles. The van der Waals surface area contributed by atoms with Gasteiger partial charge in [0.15, 0.2) is 0 Å². The Hall–Kier alpha value is -2.15. The van der Waals surface area contributed by atoms with Crippen LogP contribution in [0, 0.1) is 0 Å². The largest absolute Gasteiger partial charge is 0.256 e. The van der Waals surface area contributed by atoms with E-state index in [1.165, 1.54) is 16.5 Å². The Morgan fingerprint density at radius 3 is 2.31 bits per heavy atom. The zero-order valence-electron chi connectivity index (χ0n) is 8.80. The van der Waals surface area contributed by atoms with Crippen LogP contribution in [-0.2, 0) is 0 Å². The first kappa shape index (κ1) is 9.10. The highest BCUT2D eigenvalue weighted by Gasteiger charge is 1.98. The minimum Gasteiger partial charge on any atom is -0.256 e. The van der Waals surface area contributed by atoms with Crippen molar-refractivity contribution in [1.82, 2.24) is 4.98 Å². The molecule has 0 saturated heterocycles. The molecule has 0 atom stereocenters. The molecule has 0 aliphatic heterocycles. The zero-order valence-corrected chi connectivity index (χ0v) is 8.80. The third kappa shape index (κ3) is 1.57. The summed E-state index contributed by atoms with van der Waals surface area (Å²) in [5, 5.41) is 1.18. The summed E-state index contributed by atoms with van der Waals surface area (Å²) in [6, 6.07) is 20.7. The number of hydrogen-bond donors (Lipinski definition) is 0. The van der Waals surface area contributed by atoms with Crippen molar-refractivity contribution in [1.29, 1.82) is 0 Å². The molecule has 0 saturated carbocycles. The van der Waals surface area contributed by atoms with Gasteiger partial charge in [-0.2, -0.15) is 0 Å². The number of aromatic nitrogens is 1. The van der Waals surface area contributed by atoms with Crippen LogP contribution >= 0.6 is 0 Å². The molecule has 16 heavy (non-hydrogen) atoms. The van der Waals surface area contributed by atoms with Crippen LogP contribution in [0.1, 0.15) is 0 Å². The maximum atomic E-state index is 4.46. The van der Waals surface area contributed by atoms with Gasteiger partial charge >= 0.3 is 0 Å². The third-order valence-corrected chi connectivity index (χ3v) is 2.70. The van der Waals surface area contributed by atoms with Crippen molar-refractivity contribution in [2.24, 2.45) is 0 Å². The number of rotatable bonds is 1. The molecule has 0 aliphatic carbocycles. The lowest BCUT2D eigenvalue weighted by Gasteiger charge is -2.02. The predicted octanol–water partition coefficient (Wildman–Crippen LogP) is 3.90. The monoisotopic (exact) mass is 205 g/mol. The Morgan fingerprint density at radius 2 is 1.44 bits per heavy atom. The van der Waals surface area contributed by atoms with Crippen LogP contribution in [0.15, 0.2) is 66.9 Å². The van der Waals surface area contributed by atoms with E-state index in [-0.39, 0.29) is 0 Å². The summed E-state index contributed by atoms with van der Waals surface area (Å²) in [5.41, 5.74) is 3.42. The van der Waals surface area contributed by atoms with Crippen LogP contribution < -0.4 is 0 Å². The first-order chi connectivity index (χ1) is 7.93. The third-order valence-electron chi connectivity index (χ3n) is 2.70. The molecular formula is C15H11N. The van der Waals surface area contributed by atoms with Gasteiger partial charge in [-0.25, -0.2) is 0 Å². The fourth-order valence-electron chi connectivity index (χ4n) is 1.86. The van der Waals surface area contributed by atoms with Crippen molar-refractivity contribution in [2.45, 2.75) is 0 Å². The molecule has 1 heteroatoms. The summed E-state index contributed by atoms with van der Waals surface area (Å²) >= 11 is 0. The van der Waals surface area contributed by atoms with E-state index in [9.17, 15) is 0 Å². The first-order valence-electron chi connectivity index (χ1n) is 5.34. The van der Waals surface area contributed by atoms with Gasteiger partial charge in [0.25, 0.3) is 0 Å². The number of nitrogens with zero attached hydrogens (tertiary/aromatic N) is 1. The van der Waals surface area contributed by atoms with Crippen LogP contribution in [-0.4, -0.2) is 4.98 Å². The number of pyridine rings is 1. The molecule has 0 amide bonds. The average Bonchev–Trinajstić information content (AvgIpc) is 2.39. The number of hydrogen-bond acceptors (Lipinski definition) is 1. The van der Waals surface area contributed by atoms with Crippen LogP contribution in [0.5, 0.6) is 0 Å². The molecule has 0 fully saturated rings. The van der Waals surface area contributed by atoms with Gasteiger partial charge in [0.1, 0.15) is 0 Å². The highest BCUT2D eigenvalue weighted by molar-refractivity contribution is 5.83. The van der Waals surface area contributed by atoms with E-state index in [4.69, 9.17) is 0 Å². The van der Waals surface area contributed by atoms with Crippen molar-refractivity contribution < 1.29 is 0 Å². The molecule has 3 rings (SSSR count). The van der Waals surface area contributed by atoms with E-state index < -0.39 is 0 Å². The second-order valence-electron chi connectivity index (χ2n) is 3.78. The van der Waals surface area contributed by atoms with Gasteiger partial charge in [-0.05, 0) is 17.7 Å². The summed E-state index contributed by atoms with van der Waals surface area (Å²) < 4.78 is 0. The van der Waals surface area contributed by atoms with Crippen LogP contribution in [0.4, 0.5) is 0 Å². The number of para-hydroxylation sites is 1. The molecular weight excluding hydrogens is 194 g/mol. The Balaban J connectivity index is 2.19. The summed E-state index contributed by atoms with van der Waals surface area (Å²) in [4.78, 5) is 4.46. The normalized spacial score (nSPS) is 10.5. The van der Waals surface area contributed by atoms with Crippen LogP contribution in [0.3, 0.4) is 0 Å². The topological polar surface area (TPSA) is 12.9 Å². The first-order valence-corrected chi connectivity index (χ1v) is 5.34. The number of benzene rings is 2. The molecule has 0 spiro atoms. The van der Waals surface area contributed by atoms with E-state index in [1.54, 1.807) is 0 Å². The quantitative estimate of drug-likeness (QED) is 0.587. The van der Waals surface area contributed by atoms with Gasteiger partial charge < -0.3 is 0 Å². The van der Waals surface area contributed by atoms with E-state index in [2.05, 4.69) is 29.2 Å². The molecule has 0 unspecified atom stereocenters. The fraction of sp³-hybridized carbons (Fsp3) is 0. The lowest BCUT2D eigenvalue weighted by molar-refractivity contribution is 1.41. The Kier molecular flexibility index (Phi) is 2.15. The standard InChI is InChI=1S/C15H11N/c1-2-6-12(7-3-1)14-10-13-8-4-5-9-15(13)16-11-14/h1-11H. The average molecular weight is 205 g/mol. The summed E-state index contributed by atoms with van der Waals surface area (Å²) in [6.45, 7) is 0. The van der Waals surface area contributed by atoms with Crippen molar-refractivity contribution >= 4 is 10.9 Å². The predicted molar refractivity (Wildman–Crippen MR) is 67.2 cm³/mol. The minimum absolute atomic E-state index is 1.04. The van der Waals surface area contributed by atoms with Gasteiger partial charge in [0, 0.05) is 17.1 Å². The molecule has 1 nitrogen and oxygen atoms in total. The van der Waals surface area contributed by atoms with E-state index >= 15 is 0 Å². The molecule has 0 aliphatic rings. The molecule has 76 valence electrons. The van der Waals surface area contributed by atoms with Crippen LogP contribution in [0.2, 0.25) is 0 Å². The molecule has 0 bridgehead atoms. The summed E-state index contributed by atoms with van der Waals surface area (Å²) in [5.74, 6) is 0. The maximum absolute atomic E-state index is 4.46. The Morgan fingerprint density at radius 1 is 0.688 bits per heavy atom. The van der Waals surface area contributed by atoms with E-state index in [0.717, 1.165) is 5.52 Å². The van der Waals surface area contributed by atoms with Gasteiger partial charge in [-0.15, -0.1) is 0 Å². The molecule has 3 aromatic rings. The van der Waals surface area contributed by atoms with Crippen molar-refractivity contribution in [3.63, 3.8) is 0 Å². The lowest BCUT2D eigenvalue weighted by atomic mass is 10.1. The molecule has 1 aromatic heterocycles. The van der Waals surface area contributed by atoms with E-state index in [0.29, 0.717) is 0 Å². The highest BCUT2D eigenvalue weighted by Crippen LogP contribution is 2.21. The molecule has 0 radical (unpaired) electrons. The minimum atomic E-state index is 1.04. The Labute approximate surface area is 94.4 Å². The molecule has 0 N–H and O–H groups in total. The number of fused-ring (bicyclic) bond motifs is 1. The smallest absolute Gasteiger partial charge is 0.0702 e. The SMILES string of the molecule is c1ccc(-c2cnc3ccccc3c2)cc1. The fourth-order valence-corrected chi connectivity index (χ4v) is 1.86. The lowest BCUT2D eigenvalue weighted by Crippen LogP contribution is -1.81. The van der Waals surface area contributed by atoms with Crippen LogP contribution in [0.25, 0.3) is 22.0 Å². The highest BCUT2D eigenvalue weighted by atomic mass is 14.6. The van der Waals surface area contributed by atoms with Crippen molar-refractivity contribution in [3.05, 3.63) is 66.9 Å². The van der Waals surface area contributed by atoms with Gasteiger partial charge in [-0.3, -0.25) is 4.98 Å². The van der Waals surface area contributed by atoms with Gasteiger partial charge in [0.2, 0.25) is 0 Å². The maximum Gasteiger partial charge on any atom is 0.0702 e. The summed E-state index contributed by atoms with van der Waals surface area (Å²) in [6.07, 6.45) is 1.93. The summed E-state index contributed by atoms with van der Waals surface area (Å²) in [7, 11) is 0. The zero-order chi connectivity index (χ0) is 10.8. The Bertz CT molecular complexity index is 614. The second-order valence-corrected chi connectivity index (χ2v) is 3.78. The van der Waals surface area contributed by atoms with Crippen molar-refractivity contribution in [2.75, 3.05) is 0 Å².